The maximum Gasteiger partial charge on any atom is 0.410 e. The summed E-state index contributed by atoms with van der Waals surface area (Å²) >= 11 is 0. The molecule has 3 aromatic rings. The average molecular weight is 588 g/mol. The van der Waals surface area contributed by atoms with Crippen molar-refractivity contribution in [3.63, 3.8) is 0 Å². The van der Waals surface area contributed by atoms with Gasteiger partial charge in [0.05, 0.1) is 29.9 Å². The zero-order valence-corrected chi connectivity index (χ0v) is 25.8. The molecule has 0 spiro atoms. The van der Waals surface area contributed by atoms with Gasteiger partial charge in [0.25, 0.3) is 0 Å². The number of aromatic nitrogens is 2. The second-order valence-corrected chi connectivity index (χ2v) is 13.1. The smallest absolute Gasteiger partial charge is 0.410 e. The number of cyclic esters (lactones) is 1. The number of likely N-dealkylation sites (tertiary alicyclic amines) is 1. The first-order valence-corrected chi connectivity index (χ1v) is 14.2. The number of hydrogen-bond donors (Lipinski definition) is 1. The summed E-state index contributed by atoms with van der Waals surface area (Å²) in [5.74, 6) is 1.15. The van der Waals surface area contributed by atoms with Crippen LogP contribution in [-0.4, -0.2) is 57.3 Å². The van der Waals surface area contributed by atoms with Crippen LogP contribution >= 0.6 is 0 Å². The van der Waals surface area contributed by atoms with E-state index < -0.39 is 16.7 Å². The summed E-state index contributed by atoms with van der Waals surface area (Å²) in [7, 11) is 0. The van der Waals surface area contributed by atoms with Gasteiger partial charge < -0.3 is 24.4 Å². The maximum atomic E-state index is 12.5. The van der Waals surface area contributed by atoms with Gasteiger partial charge in [0.2, 0.25) is 0 Å². The van der Waals surface area contributed by atoms with Crippen molar-refractivity contribution in [3.8, 4) is 5.75 Å². The second-order valence-electron chi connectivity index (χ2n) is 13.1. The number of carbonyl (C=O) groups is 2. The molecule has 1 atom stereocenters. The summed E-state index contributed by atoms with van der Waals surface area (Å²) in [5, 5.41) is 8.81. The highest BCUT2D eigenvalue weighted by atomic mass is 16.6. The van der Waals surface area contributed by atoms with Crippen molar-refractivity contribution < 1.29 is 23.8 Å². The van der Waals surface area contributed by atoms with Gasteiger partial charge in [-0.2, -0.15) is 0 Å². The summed E-state index contributed by atoms with van der Waals surface area (Å²) in [6.45, 7) is 15.7. The Hall–Kier alpha value is -4.57. The molecule has 12 heteroatoms. The van der Waals surface area contributed by atoms with Crippen LogP contribution in [0.5, 0.6) is 5.75 Å². The van der Waals surface area contributed by atoms with Crippen LogP contribution in [-0.2, 0) is 15.0 Å². The number of esters is 1. The summed E-state index contributed by atoms with van der Waals surface area (Å²) in [4.78, 5) is 38.9. The Morgan fingerprint density at radius 2 is 1.86 bits per heavy atom. The van der Waals surface area contributed by atoms with Crippen LogP contribution in [0, 0.1) is 0 Å². The van der Waals surface area contributed by atoms with E-state index >= 15 is 0 Å². The van der Waals surface area contributed by atoms with E-state index in [1.165, 1.54) is 0 Å². The van der Waals surface area contributed by atoms with Crippen LogP contribution in [0.1, 0.15) is 82.9 Å². The van der Waals surface area contributed by atoms with Crippen LogP contribution in [0.2, 0.25) is 0 Å². The molecule has 0 aliphatic carbocycles. The summed E-state index contributed by atoms with van der Waals surface area (Å²) in [5.41, 5.74) is 9.03. The maximum absolute atomic E-state index is 12.5. The molecule has 0 saturated carbocycles. The minimum absolute atomic E-state index is 0.111. The van der Waals surface area contributed by atoms with E-state index in [4.69, 9.17) is 19.2 Å². The first-order valence-electron chi connectivity index (χ1n) is 14.2. The molecule has 1 unspecified atom stereocenters. The molecular formula is C31H37N7O5. The summed E-state index contributed by atoms with van der Waals surface area (Å²) in [6.07, 6.45) is 1.13. The molecule has 1 saturated heterocycles. The van der Waals surface area contributed by atoms with Crippen molar-refractivity contribution in [1.82, 2.24) is 14.9 Å². The number of rotatable bonds is 6. The molecule has 1 fully saturated rings. The number of ether oxygens (including phenoxy) is 3. The Morgan fingerprint density at radius 3 is 2.53 bits per heavy atom. The zero-order chi connectivity index (χ0) is 31.3. The molecule has 2 aromatic heterocycles. The van der Waals surface area contributed by atoms with Gasteiger partial charge in [-0.15, -0.1) is 0 Å². The molecule has 0 radical (unpaired) electrons. The Morgan fingerprint density at radius 1 is 1.14 bits per heavy atom. The molecule has 43 heavy (non-hydrogen) atoms. The highest BCUT2D eigenvalue weighted by Gasteiger charge is 2.40. The fraction of sp³-hybridized carbons (Fsp3) is 0.484. The monoisotopic (exact) mass is 587 g/mol. The van der Waals surface area contributed by atoms with E-state index in [-0.39, 0.29) is 24.1 Å². The lowest BCUT2D eigenvalue weighted by atomic mass is 9.84. The fourth-order valence-electron chi connectivity index (χ4n) is 5.14. The first kappa shape index (κ1) is 29.9. The van der Waals surface area contributed by atoms with Gasteiger partial charge >= 0.3 is 12.1 Å². The lowest BCUT2D eigenvalue weighted by Gasteiger charge is -2.39. The molecule has 1 N–H and O–H groups in total. The van der Waals surface area contributed by atoms with Gasteiger partial charge in [-0.1, -0.05) is 32.0 Å². The predicted molar refractivity (Wildman–Crippen MR) is 162 cm³/mol. The normalized spacial score (nSPS) is 18.2. The quantitative estimate of drug-likeness (QED) is 0.140. The van der Waals surface area contributed by atoms with Crippen molar-refractivity contribution in [3.05, 3.63) is 63.8 Å². The van der Waals surface area contributed by atoms with Crippen molar-refractivity contribution in [2.45, 2.75) is 84.2 Å². The zero-order valence-electron chi connectivity index (χ0n) is 25.8. The number of carbonyl (C=O) groups excluding carboxylic acids is 2. The molecule has 1 amide bonds. The SMILES string of the molecule is CC1c2nc(Nc3cc4c(C(C)(C)N=[N+]=[N-])ccc(OC5CN(C(=O)OC(C)(C)C)C5)c4cn3)ccc2C(=O)OC1(C)C. The Balaban J connectivity index is 1.45. The van der Waals surface area contributed by atoms with Gasteiger partial charge in [0.15, 0.2) is 0 Å². The Bertz CT molecular complexity index is 1650. The van der Waals surface area contributed by atoms with Gasteiger partial charge in [0, 0.05) is 22.4 Å². The summed E-state index contributed by atoms with van der Waals surface area (Å²) < 4.78 is 17.3. The minimum atomic E-state index is -0.862. The molecule has 2 aliphatic heterocycles. The molecule has 226 valence electrons. The Labute approximate surface area is 250 Å². The molecule has 2 aliphatic rings. The molecule has 1 aromatic carbocycles. The van der Waals surface area contributed by atoms with Gasteiger partial charge in [-0.3, -0.25) is 0 Å². The fourth-order valence-corrected chi connectivity index (χ4v) is 5.14. The lowest BCUT2D eigenvalue weighted by Crippen LogP contribution is -2.57. The topological polar surface area (TPSA) is 152 Å². The molecule has 5 rings (SSSR count). The van der Waals surface area contributed by atoms with Crippen LogP contribution in [0.3, 0.4) is 0 Å². The van der Waals surface area contributed by atoms with Crippen molar-refractivity contribution in [1.29, 1.82) is 0 Å². The molecule has 12 nitrogen and oxygen atoms in total. The minimum Gasteiger partial charge on any atom is -0.486 e. The number of fused-ring (bicyclic) bond motifs is 2. The third-order valence-electron chi connectivity index (χ3n) is 7.82. The van der Waals surface area contributed by atoms with Crippen LogP contribution < -0.4 is 10.1 Å². The number of azide groups is 1. The predicted octanol–water partition coefficient (Wildman–Crippen LogP) is 6.97. The molecule has 0 bridgehead atoms. The van der Waals surface area contributed by atoms with Crippen molar-refractivity contribution in [2.24, 2.45) is 5.11 Å². The van der Waals surface area contributed by atoms with E-state index in [1.54, 1.807) is 23.2 Å². The highest BCUT2D eigenvalue weighted by molar-refractivity contribution is 5.94. The van der Waals surface area contributed by atoms with E-state index in [0.29, 0.717) is 41.7 Å². The number of amides is 1. The first-order chi connectivity index (χ1) is 20.1. The number of pyridine rings is 2. The Kier molecular flexibility index (Phi) is 7.38. The number of hydrogen-bond acceptors (Lipinski definition) is 9. The highest BCUT2D eigenvalue weighted by Crippen LogP contribution is 2.40. The number of anilines is 2. The largest absolute Gasteiger partial charge is 0.486 e. The number of nitrogens with zero attached hydrogens (tertiary/aromatic N) is 6. The van der Waals surface area contributed by atoms with Gasteiger partial charge in [-0.05, 0) is 75.4 Å². The van der Waals surface area contributed by atoms with E-state index in [0.717, 1.165) is 16.3 Å². The summed E-state index contributed by atoms with van der Waals surface area (Å²) in [6, 6.07) is 9.01. The molecule has 4 heterocycles. The second kappa shape index (κ2) is 10.6. The third kappa shape index (κ3) is 6.01. The number of benzene rings is 1. The van der Waals surface area contributed by atoms with Crippen LogP contribution in [0.25, 0.3) is 21.2 Å². The standard InChI is InChI=1S/C31H37N7O5/c1-17-26-19(27(39)42-31(17,7)8)9-12-24(35-26)34-25-13-20-21(14-33-25)23(11-10-22(20)30(5,6)36-37-32)41-18-15-38(16-18)28(40)43-29(2,3)4/h9-14,17-18H,15-16H2,1-8H3,(H,33,34,35). The average Bonchev–Trinajstić information content (AvgIpc) is 2.87. The van der Waals surface area contributed by atoms with E-state index in [9.17, 15) is 15.1 Å². The third-order valence-corrected chi connectivity index (χ3v) is 7.82. The van der Waals surface area contributed by atoms with Gasteiger partial charge in [0.1, 0.15) is 34.7 Å². The van der Waals surface area contributed by atoms with E-state index in [2.05, 4.69) is 20.3 Å². The van der Waals surface area contributed by atoms with Crippen LogP contribution in [0.15, 0.2) is 41.6 Å². The van der Waals surface area contributed by atoms with E-state index in [1.807, 2.05) is 73.6 Å². The van der Waals surface area contributed by atoms with Crippen molar-refractivity contribution >= 4 is 34.5 Å². The van der Waals surface area contributed by atoms with Crippen molar-refractivity contribution in [2.75, 3.05) is 18.4 Å². The number of nitrogens with one attached hydrogen (secondary N) is 1. The lowest BCUT2D eigenvalue weighted by molar-refractivity contribution is -0.0219. The molecular weight excluding hydrogens is 550 g/mol. The van der Waals surface area contributed by atoms with Gasteiger partial charge in [-0.25, -0.2) is 19.6 Å². The van der Waals surface area contributed by atoms with Crippen LogP contribution in [0.4, 0.5) is 16.4 Å².